The Morgan fingerprint density at radius 3 is 2.79 bits per heavy atom. The first kappa shape index (κ1) is 10.7. The first-order valence-electron chi connectivity index (χ1n) is 3.86. The zero-order valence-electron chi connectivity index (χ0n) is 7.23. The van der Waals surface area contributed by atoms with E-state index in [9.17, 15) is 4.79 Å². The van der Waals surface area contributed by atoms with Gasteiger partial charge >= 0.3 is 5.97 Å². The molecule has 1 aromatic rings. The number of halogens is 1. The van der Waals surface area contributed by atoms with Crippen LogP contribution in [0.15, 0.2) is 18.2 Å². The maximum atomic E-state index is 10.4. The fourth-order valence-corrected chi connectivity index (χ4v) is 1.23. The van der Waals surface area contributed by atoms with Crippen LogP contribution in [0.5, 0.6) is 11.5 Å². The molecular formula is C9H9ClO4. The van der Waals surface area contributed by atoms with Gasteiger partial charge in [0.2, 0.25) is 6.79 Å². The Bertz CT molecular complexity index is 351. The Kier molecular flexibility index (Phi) is 3.19. The molecule has 0 aromatic heterocycles. The molecule has 1 N–H and O–H groups in total. The van der Waals surface area contributed by atoms with E-state index in [1.165, 1.54) is 0 Å². The number of carboxylic acid groups (broad SMARTS) is 1. The number of hydrogen-bond acceptors (Lipinski definition) is 3. The second-order valence-corrected chi connectivity index (χ2v) is 2.76. The van der Waals surface area contributed by atoms with Crippen LogP contribution in [0.2, 0.25) is 0 Å². The minimum absolute atomic E-state index is 0. The summed E-state index contributed by atoms with van der Waals surface area (Å²) in [6.07, 6.45) is 0.0106. The van der Waals surface area contributed by atoms with Crippen LogP contribution >= 0.6 is 12.4 Å². The van der Waals surface area contributed by atoms with Gasteiger partial charge in [0.05, 0.1) is 6.42 Å². The van der Waals surface area contributed by atoms with Crippen molar-refractivity contribution in [3.8, 4) is 11.5 Å². The van der Waals surface area contributed by atoms with Gasteiger partial charge in [-0.25, -0.2) is 0 Å². The predicted octanol–water partition coefficient (Wildman–Crippen LogP) is 1.46. The van der Waals surface area contributed by atoms with Crippen LogP contribution < -0.4 is 9.47 Å². The Morgan fingerprint density at radius 2 is 2.07 bits per heavy atom. The molecule has 5 heteroatoms. The molecule has 0 unspecified atom stereocenters. The highest BCUT2D eigenvalue weighted by Gasteiger charge is 2.13. The molecule has 1 heterocycles. The molecule has 0 saturated heterocycles. The van der Waals surface area contributed by atoms with Crippen LogP contribution in [-0.2, 0) is 11.2 Å². The van der Waals surface area contributed by atoms with Gasteiger partial charge in [-0.05, 0) is 17.7 Å². The highest BCUT2D eigenvalue weighted by Crippen LogP contribution is 2.32. The van der Waals surface area contributed by atoms with Crippen LogP contribution in [0.25, 0.3) is 0 Å². The zero-order valence-corrected chi connectivity index (χ0v) is 8.04. The zero-order chi connectivity index (χ0) is 9.26. The van der Waals surface area contributed by atoms with Crippen molar-refractivity contribution in [1.82, 2.24) is 0 Å². The quantitative estimate of drug-likeness (QED) is 0.813. The minimum atomic E-state index is -0.848. The molecule has 0 aliphatic carbocycles. The molecule has 0 radical (unpaired) electrons. The summed E-state index contributed by atoms with van der Waals surface area (Å²) in [4.78, 5) is 10.4. The molecule has 0 saturated carbocycles. The number of rotatable bonds is 2. The highest BCUT2D eigenvalue weighted by atomic mass is 35.5. The summed E-state index contributed by atoms with van der Waals surface area (Å²) >= 11 is 0. The van der Waals surface area contributed by atoms with Crippen molar-refractivity contribution in [2.45, 2.75) is 6.42 Å². The molecule has 0 amide bonds. The second kappa shape index (κ2) is 4.19. The number of carboxylic acids is 1. The van der Waals surface area contributed by atoms with Gasteiger partial charge in [0.15, 0.2) is 11.5 Å². The van der Waals surface area contributed by atoms with Crippen molar-refractivity contribution in [1.29, 1.82) is 0 Å². The largest absolute Gasteiger partial charge is 0.481 e. The molecule has 0 bridgehead atoms. The summed E-state index contributed by atoms with van der Waals surface area (Å²) < 4.78 is 10.2. The molecule has 0 spiro atoms. The molecule has 0 fully saturated rings. The Labute approximate surface area is 86.9 Å². The van der Waals surface area contributed by atoms with E-state index < -0.39 is 5.97 Å². The van der Waals surface area contributed by atoms with E-state index >= 15 is 0 Å². The fraction of sp³-hybridized carbons (Fsp3) is 0.222. The molecule has 1 aromatic carbocycles. The summed E-state index contributed by atoms with van der Waals surface area (Å²) in [6.45, 7) is 0.214. The van der Waals surface area contributed by atoms with Crippen molar-refractivity contribution in [3.63, 3.8) is 0 Å². The Balaban J connectivity index is 0.000000980. The first-order valence-corrected chi connectivity index (χ1v) is 3.86. The van der Waals surface area contributed by atoms with E-state index in [4.69, 9.17) is 14.6 Å². The minimum Gasteiger partial charge on any atom is -0.481 e. The van der Waals surface area contributed by atoms with Crippen LogP contribution in [-0.4, -0.2) is 17.9 Å². The monoisotopic (exact) mass is 216 g/mol. The van der Waals surface area contributed by atoms with Crippen molar-refractivity contribution in [2.24, 2.45) is 0 Å². The molecule has 1 aliphatic heterocycles. The van der Waals surface area contributed by atoms with Gasteiger partial charge < -0.3 is 14.6 Å². The van der Waals surface area contributed by atoms with E-state index in [0.29, 0.717) is 11.5 Å². The topological polar surface area (TPSA) is 55.8 Å². The predicted molar refractivity (Wildman–Crippen MR) is 51.2 cm³/mol. The highest BCUT2D eigenvalue weighted by molar-refractivity contribution is 5.85. The summed E-state index contributed by atoms with van der Waals surface area (Å²) in [5.41, 5.74) is 0.719. The van der Waals surface area contributed by atoms with Gasteiger partial charge in [-0.15, -0.1) is 12.4 Å². The Hall–Kier alpha value is -1.42. The Morgan fingerprint density at radius 1 is 1.36 bits per heavy atom. The molecule has 14 heavy (non-hydrogen) atoms. The maximum Gasteiger partial charge on any atom is 0.307 e. The van der Waals surface area contributed by atoms with Crippen LogP contribution in [0, 0.1) is 0 Å². The van der Waals surface area contributed by atoms with Crippen molar-refractivity contribution in [2.75, 3.05) is 6.79 Å². The third-order valence-electron chi connectivity index (χ3n) is 1.79. The number of fused-ring (bicyclic) bond motifs is 1. The summed E-state index contributed by atoms with van der Waals surface area (Å²) in [5, 5.41) is 8.54. The lowest BCUT2D eigenvalue weighted by molar-refractivity contribution is -0.136. The SMILES string of the molecule is Cl.O=C(O)Cc1ccc2c(c1)OCO2. The smallest absolute Gasteiger partial charge is 0.307 e. The van der Waals surface area contributed by atoms with E-state index in [2.05, 4.69) is 0 Å². The van der Waals surface area contributed by atoms with Crippen molar-refractivity contribution in [3.05, 3.63) is 23.8 Å². The van der Waals surface area contributed by atoms with Gasteiger partial charge in [-0.1, -0.05) is 6.07 Å². The summed E-state index contributed by atoms with van der Waals surface area (Å²) in [7, 11) is 0. The molecule has 76 valence electrons. The number of carbonyl (C=O) groups is 1. The van der Waals surface area contributed by atoms with Gasteiger partial charge in [-0.3, -0.25) is 4.79 Å². The van der Waals surface area contributed by atoms with Crippen LogP contribution in [0.1, 0.15) is 5.56 Å². The molecule has 2 rings (SSSR count). The number of ether oxygens (including phenoxy) is 2. The molecular weight excluding hydrogens is 208 g/mol. The molecule has 0 atom stereocenters. The number of hydrogen-bond donors (Lipinski definition) is 1. The fourth-order valence-electron chi connectivity index (χ4n) is 1.23. The van der Waals surface area contributed by atoms with Gasteiger partial charge in [0.1, 0.15) is 0 Å². The summed E-state index contributed by atoms with van der Waals surface area (Å²) in [5.74, 6) is 0.451. The van der Waals surface area contributed by atoms with Gasteiger partial charge in [0, 0.05) is 0 Å². The normalized spacial score (nSPS) is 12.0. The summed E-state index contributed by atoms with van der Waals surface area (Å²) in [6, 6.07) is 5.14. The lowest BCUT2D eigenvalue weighted by Gasteiger charge is -1.98. The first-order chi connectivity index (χ1) is 6.25. The standard InChI is InChI=1S/C9H8O4.ClH/c10-9(11)4-6-1-2-7-8(3-6)13-5-12-7;/h1-3H,4-5H2,(H,10,11);1H. The van der Waals surface area contributed by atoms with E-state index in [1.54, 1.807) is 18.2 Å². The van der Waals surface area contributed by atoms with E-state index in [-0.39, 0.29) is 25.6 Å². The lowest BCUT2D eigenvalue weighted by Crippen LogP contribution is -1.99. The molecule has 1 aliphatic rings. The van der Waals surface area contributed by atoms with Crippen molar-refractivity contribution >= 4 is 18.4 Å². The van der Waals surface area contributed by atoms with E-state index in [0.717, 1.165) is 5.56 Å². The third kappa shape index (κ3) is 2.09. The second-order valence-electron chi connectivity index (χ2n) is 2.76. The average Bonchev–Trinajstić information content (AvgIpc) is 2.49. The van der Waals surface area contributed by atoms with Crippen LogP contribution in [0.4, 0.5) is 0 Å². The maximum absolute atomic E-state index is 10.4. The average molecular weight is 217 g/mol. The van der Waals surface area contributed by atoms with Crippen LogP contribution in [0.3, 0.4) is 0 Å². The van der Waals surface area contributed by atoms with E-state index in [1.807, 2.05) is 0 Å². The third-order valence-corrected chi connectivity index (χ3v) is 1.79. The number of benzene rings is 1. The van der Waals surface area contributed by atoms with Crippen molar-refractivity contribution < 1.29 is 19.4 Å². The number of aliphatic carboxylic acids is 1. The molecule has 4 nitrogen and oxygen atoms in total. The van der Waals surface area contributed by atoms with Gasteiger partial charge in [-0.2, -0.15) is 0 Å². The lowest BCUT2D eigenvalue weighted by atomic mass is 10.1. The van der Waals surface area contributed by atoms with Gasteiger partial charge in [0.25, 0.3) is 0 Å².